The maximum absolute atomic E-state index is 15.3. The first-order valence-corrected chi connectivity index (χ1v) is 39.8. The highest BCUT2D eigenvalue weighted by Crippen LogP contribution is 2.26. The van der Waals surface area contributed by atoms with Gasteiger partial charge < -0.3 is 66.4 Å². The van der Waals surface area contributed by atoms with Gasteiger partial charge in [0.25, 0.3) is 0 Å². The highest BCUT2D eigenvalue weighted by atomic mass is 32.2. The lowest BCUT2D eigenvalue weighted by Gasteiger charge is -2.37. The first-order valence-electron chi connectivity index (χ1n) is 38.8. The summed E-state index contributed by atoms with van der Waals surface area (Å²) in [5.74, 6) is -10.0. The van der Waals surface area contributed by atoms with Crippen LogP contribution in [0.15, 0.2) is 121 Å². The van der Waals surface area contributed by atoms with Crippen LogP contribution in [0.4, 0.5) is 0 Å². The van der Waals surface area contributed by atoms with E-state index in [4.69, 9.17) is 0 Å². The van der Waals surface area contributed by atoms with Crippen LogP contribution in [0.25, 0.3) is 0 Å². The summed E-state index contributed by atoms with van der Waals surface area (Å²) in [6.07, 6.45) is 0.262. The van der Waals surface area contributed by atoms with E-state index >= 15 is 19.2 Å². The Morgan fingerprint density at radius 1 is 0.441 bits per heavy atom. The van der Waals surface area contributed by atoms with Gasteiger partial charge in [-0.05, 0) is 112 Å². The van der Waals surface area contributed by atoms with Gasteiger partial charge in [0.15, 0.2) is 10.9 Å². The fraction of sp³-hybridized carbons (Fsp3) is 0.560. The predicted octanol–water partition coefficient (Wildman–Crippen LogP) is 5.76. The molecular formula is C84H122N12O14S. The average Bonchev–Trinajstić information content (AvgIpc) is 0.820. The SMILES string of the molecule is CN[C@@H](C)C(=O)N[C@H](C(=O)N(C)[C@@H](CC(C)C)C(=O)N[C@H](C(=O)N(C)[C@@H](Cc1ccccc1)C(=O)NCC(=O)N(C)[C@@H](CC(C)C)C(=O)N(C)[C@H](C(=O)C[C@@H](Cc1ccccc1)C(=O)N[C@@H](CC(=O)SCc1ccccc1)C(=O)N(C)C(Cc1ccccc1)C(=O)N[C@@H](C)C(=O)N1CCCCC1)C(C)C)[C@@H](C)O)C(C)C. The van der Waals surface area contributed by atoms with E-state index in [1.807, 2.05) is 64.1 Å². The number of Topliss-reactive ketones (excluding diaryl/α,β-unsaturated/α-hetero) is 1. The number of likely N-dealkylation sites (tertiary alicyclic amines) is 1. The number of nitrogens with zero attached hydrogens (tertiary/aromatic N) is 6. The number of amides is 11. The van der Waals surface area contributed by atoms with Gasteiger partial charge in [0.2, 0.25) is 65.0 Å². The first kappa shape index (κ1) is 92.3. The summed E-state index contributed by atoms with van der Waals surface area (Å²) in [5.41, 5.74) is 2.80. The van der Waals surface area contributed by atoms with Gasteiger partial charge in [0, 0.05) is 85.7 Å². The van der Waals surface area contributed by atoms with Crippen molar-refractivity contribution < 1.29 is 67.4 Å². The van der Waals surface area contributed by atoms with Crippen LogP contribution in [0.2, 0.25) is 0 Å². The third kappa shape index (κ3) is 28.1. The zero-order valence-electron chi connectivity index (χ0n) is 68.0. The molecule has 11 amide bonds. The van der Waals surface area contributed by atoms with Crippen molar-refractivity contribution in [2.24, 2.45) is 29.6 Å². The number of aliphatic hydroxyl groups is 1. The van der Waals surface area contributed by atoms with Crippen molar-refractivity contribution in [2.45, 2.75) is 213 Å². The normalized spacial score (nSPS) is 15.5. The summed E-state index contributed by atoms with van der Waals surface area (Å²) in [4.78, 5) is 197. The summed E-state index contributed by atoms with van der Waals surface area (Å²) in [7, 11) is 8.64. The molecule has 1 unspecified atom stereocenters. The predicted molar refractivity (Wildman–Crippen MR) is 429 cm³/mol. The lowest BCUT2D eigenvalue weighted by molar-refractivity contribution is -0.149. The monoisotopic (exact) mass is 1550 g/mol. The maximum Gasteiger partial charge on any atom is 0.248 e. The Hall–Kier alpha value is -9.34. The lowest BCUT2D eigenvalue weighted by Crippen LogP contribution is -2.62. The zero-order chi connectivity index (χ0) is 82.5. The molecule has 1 aliphatic heterocycles. The highest BCUT2D eigenvalue weighted by molar-refractivity contribution is 8.12. The number of benzene rings is 4. The molecule has 27 heteroatoms. The molecule has 26 nitrogen and oxygen atoms in total. The quantitative estimate of drug-likeness (QED) is 0.0277. The molecule has 1 fully saturated rings. The second-order valence-corrected chi connectivity index (χ2v) is 32.0. The number of aliphatic hydroxyl groups excluding tert-OH is 1. The van der Waals surface area contributed by atoms with Crippen molar-refractivity contribution in [1.82, 2.24) is 61.3 Å². The number of likely N-dealkylation sites (N-methyl/N-ethyl adjacent to an activating group) is 6. The van der Waals surface area contributed by atoms with Gasteiger partial charge in [0.1, 0.15) is 48.3 Å². The number of carbonyl (C=O) groups excluding carboxylic acids is 13. The molecule has 4 aromatic carbocycles. The Morgan fingerprint density at radius 2 is 0.892 bits per heavy atom. The summed E-state index contributed by atoms with van der Waals surface area (Å²) >= 11 is 0.952. The summed E-state index contributed by atoms with van der Waals surface area (Å²) in [6, 6.07) is 23.9. The third-order valence-electron chi connectivity index (χ3n) is 20.4. The Labute approximate surface area is 660 Å². The molecule has 1 heterocycles. The van der Waals surface area contributed by atoms with E-state index < -0.39 is 168 Å². The zero-order valence-corrected chi connectivity index (χ0v) is 68.8. The Balaban J connectivity index is 1.41. The number of carbonyl (C=O) groups is 13. The molecule has 1 aliphatic rings. The van der Waals surface area contributed by atoms with Gasteiger partial charge in [-0.1, -0.05) is 188 Å². The number of piperidine rings is 1. The summed E-state index contributed by atoms with van der Waals surface area (Å²) in [6.45, 7) is 19.4. The smallest absolute Gasteiger partial charge is 0.248 e. The van der Waals surface area contributed by atoms with Crippen LogP contribution in [0.5, 0.6) is 0 Å². The topological polar surface area (TPSA) is 334 Å². The average molecular weight is 1560 g/mol. The van der Waals surface area contributed by atoms with Crippen LogP contribution in [0.3, 0.4) is 0 Å². The maximum atomic E-state index is 15.3. The van der Waals surface area contributed by atoms with Crippen molar-refractivity contribution in [3.8, 4) is 0 Å². The van der Waals surface area contributed by atoms with Crippen molar-refractivity contribution >= 4 is 87.6 Å². The third-order valence-corrected chi connectivity index (χ3v) is 21.4. The van der Waals surface area contributed by atoms with Crippen molar-refractivity contribution in [2.75, 3.05) is 61.9 Å². The molecule has 0 aromatic heterocycles. The number of ketones is 1. The molecule has 0 bridgehead atoms. The van der Waals surface area contributed by atoms with Gasteiger partial charge in [0.05, 0.1) is 24.7 Å². The summed E-state index contributed by atoms with van der Waals surface area (Å²) < 4.78 is 0. The van der Waals surface area contributed by atoms with Crippen LogP contribution >= 0.6 is 11.8 Å². The molecule has 5 rings (SSSR count). The minimum atomic E-state index is -1.65. The fourth-order valence-electron chi connectivity index (χ4n) is 13.7. The highest BCUT2D eigenvalue weighted by Gasteiger charge is 2.43. The number of nitrogens with one attached hydrogen (secondary N) is 6. The molecule has 0 spiro atoms. The van der Waals surface area contributed by atoms with Crippen molar-refractivity contribution in [3.63, 3.8) is 0 Å². The van der Waals surface area contributed by atoms with Gasteiger partial charge in [-0.15, -0.1) is 0 Å². The molecule has 0 saturated carbocycles. The van der Waals surface area contributed by atoms with E-state index in [0.717, 1.165) is 41.5 Å². The molecule has 12 atom stereocenters. The number of hydrogen-bond acceptors (Lipinski definition) is 16. The molecule has 0 radical (unpaired) electrons. The van der Waals surface area contributed by atoms with E-state index in [-0.39, 0.29) is 61.5 Å². The number of thioether (sulfide) groups is 1. The minimum Gasteiger partial charge on any atom is -0.391 e. The van der Waals surface area contributed by atoms with Crippen LogP contribution in [0, 0.1) is 29.6 Å². The lowest BCUT2D eigenvalue weighted by atomic mass is 9.87. The van der Waals surface area contributed by atoms with Gasteiger partial charge in [-0.25, -0.2) is 0 Å². The van der Waals surface area contributed by atoms with Gasteiger partial charge in [-0.2, -0.15) is 0 Å². The molecule has 111 heavy (non-hydrogen) atoms. The fourth-order valence-corrected chi connectivity index (χ4v) is 14.5. The van der Waals surface area contributed by atoms with E-state index in [1.54, 1.807) is 138 Å². The van der Waals surface area contributed by atoms with Crippen molar-refractivity contribution in [1.29, 1.82) is 0 Å². The standard InChI is InChI=1S/C84H122N12O14S/c1-52(2)43-65(93(15)83(109)72(54(5)6)89-75(101)56(9)85-12)79(105)90-73(58(11)97)84(110)94(16)66(46-60-35-25-19-26-36-60)77(103)86-50-70(99)91(13)68(44-53(3)4)82(108)95(17)74(55(7)8)69(98)48-63(45-59-33-23-18-24-34-59)76(102)88-64(49-71(100)111-51-62-39-29-21-30-40-62)81(107)92(14)67(47-61-37-27-20-28-38-61)78(104)87-57(10)80(106)96-41-31-22-32-42-96/h18-21,23-30,33-40,52-58,63-68,72-74,85,97H,22,31-32,41-51H2,1-17H3,(H,86,103)(H,87,104)(H,88,102)(H,89,101)(H,90,105)/t56-,57-,58+,63+,64-,65-,66-,67?,68-,72-,73-,74-/m0/s1. The molecule has 7 N–H and O–H groups in total. The Bertz CT molecular complexity index is 3730. The first-order chi connectivity index (χ1) is 52.5. The van der Waals surface area contributed by atoms with Crippen LogP contribution in [-0.2, 0) is 87.3 Å². The van der Waals surface area contributed by atoms with Gasteiger partial charge >= 0.3 is 0 Å². The molecule has 4 aromatic rings. The molecule has 0 aliphatic carbocycles. The van der Waals surface area contributed by atoms with E-state index in [0.29, 0.717) is 29.8 Å². The largest absolute Gasteiger partial charge is 0.391 e. The van der Waals surface area contributed by atoms with Gasteiger partial charge in [-0.3, -0.25) is 62.3 Å². The number of hydrogen-bond donors (Lipinski definition) is 7. The van der Waals surface area contributed by atoms with Crippen LogP contribution in [-0.4, -0.2) is 239 Å². The van der Waals surface area contributed by atoms with Crippen LogP contribution < -0.4 is 31.9 Å². The van der Waals surface area contributed by atoms with E-state index in [2.05, 4.69) is 31.9 Å². The van der Waals surface area contributed by atoms with Crippen molar-refractivity contribution in [3.05, 3.63) is 144 Å². The van der Waals surface area contributed by atoms with E-state index in [9.17, 15) is 48.3 Å². The van der Waals surface area contributed by atoms with E-state index in [1.165, 1.54) is 61.8 Å². The minimum absolute atomic E-state index is 0.00638. The molecule has 608 valence electrons. The molecular weight excluding hydrogens is 1430 g/mol. The molecule has 1 saturated heterocycles. The Morgan fingerprint density at radius 3 is 1.38 bits per heavy atom. The summed E-state index contributed by atoms with van der Waals surface area (Å²) in [5, 5.41) is 27.5. The van der Waals surface area contributed by atoms with Crippen LogP contribution in [0.1, 0.15) is 143 Å². The Kier molecular flexibility index (Phi) is 37.6. The second-order valence-electron chi connectivity index (χ2n) is 31.0. The second kappa shape index (κ2) is 45.2. The number of rotatable bonds is 42.